The van der Waals surface area contributed by atoms with Gasteiger partial charge in [-0.1, -0.05) is 18.7 Å². The molecule has 0 fully saturated rings. The van der Waals surface area contributed by atoms with Gasteiger partial charge < -0.3 is 9.47 Å². The molecule has 60 valence electrons. The zero-order valence-electron chi connectivity index (χ0n) is 6.67. The molecule has 2 nitrogen and oxygen atoms in total. The fourth-order valence-electron chi connectivity index (χ4n) is 0.887. The molecule has 0 atom stereocenters. The first-order valence-electron chi connectivity index (χ1n) is 3.57. The van der Waals surface area contributed by atoms with Crippen LogP contribution in [0.5, 0.6) is 0 Å². The molecule has 0 N–H and O–H groups in total. The lowest BCUT2D eigenvalue weighted by Gasteiger charge is -2.16. The van der Waals surface area contributed by atoms with E-state index >= 15 is 0 Å². The van der Waals surface area contributed by atoms with Crippen LogP contribution in [-0.4, -0.2) is 13.4 Å². The minimum atomic E-state index is 0.344. The van der Waals surface area contributed by atoms with Gasteiger partial charge in [-0.3, -0.25) is 0 Å². The van der Waals surface area contributed by atoms with Crippen molar-refractivity contribution in [2.45, 2.75) is 6.92 Å². The van der Waals surface area contributed by atoms with E-state index in [1.165, 1.54) is 0 Å². The van der Waals surface area contributed by atoms with E-state index in [4.69, 9.17) is 9.47 Å². The third-order valence-electron chi connectivity index (χ3n) is 1.44. The van der Waals surface area contributed by atoms with Gasteiger partial charge >= 0.3 is 0 Å². The van der Waals surface area contributed by atoms with E-state index in [1.54, 1.807) is 6.08 Å². The third kappa shape index (κ3) is 1.95. The lowest BCUT2D eigenvalue weighted by molar-refractivity contribution is -0.0293. The van der Waals surface area contributed by atoms with Gasteiger partial charge in [0.05, 0.1) is 6.61 Å². The van der Waals surface area contributed by atoms with Crippen LogP contribution in [0.2, 0.25) is 0 Å². The Kier molecular flexibility index (Phi) is 2.93. The Bertz CT molecular complexity index is 202. The van der Waals surface area contributed by atoms with Crippen LogP contribution in [0.15, 0.2) is 36.1 Å². The second-order valence-electron chi connectivity index (χ2n) is 2.20. The van der Waals surface area contributed by atoms with Crippen molar-refractivity contribution in [2.75, 3.05) is 13.4 Å². The van der Waals surface area contributed by atoms with E-state index in [0.29, 0.717) is 13.4 Å². The van der Waals surface area contributed by atoms with Gasteiger partial charge in [-0.2, -0.15) is 0 Å². The van der Waals surface area contributed by atoms with Crippen LogP contribution in [0.1, 0.15) is 6.92 Å². The molecule has 0 aromatic carbocycles. The molecule has 0 amide bonds. The molecule has 0 spiro atoms. The van der Waals surface area contributed by atoms with E-state index in [0.717, 1.165) is 11.3 Å². The van der Waals surface area contributed by atoms with Crippen LogP contribution in [-0.2, 0) is 9.47 Å². The molecule has 0 aliphatic carbocycles. The highest BCUT2D eigenvalue weighted by Crippen LogP contribution is 2.14. The fraction of sp³-hybridized carbons (Fsp3) is 0.333. The first kappa shape index (κ1) is 8.08. The summed E-state index contributed by atoms with van der Waals surface area (Å²) in [7, 11) is 0. The highest BCUT2D eigenvalue weighted by molar-refractivity contribution is 5.29. The smallest absolute Gasteiger partial charge is 0.189 e. The summed E-state index contributed by atoms with van der Waals surface area (Å²) < 4.78 is 10.3. The Morgan fingerprint density at radius 2 is 2.36 bits per heavy atom. The predicted molar refractivity (Wildman–Crippen MR) is 43.9 cm³/mol. The first-order chi connectivity index (χ1) is 5.38. The summed E-state index contributed by atoms with van der Waals surface area (Å²) in [6.45, 7) is 6.56. The molecular weight excluding hydrogens is 140 g/mol. The van der Waals surface area contributed by atoms with Crippen LogP contribution in [0, 0.1) is 0 Å². The minimum Gasteiger partial charge on any atom is -0.467 e. The second kappa shape index (κ2) is 3.98. The van der Waals surface area contributed by atoms with Gasteiger partial charge in [-0.25, -0.2) is 0 Å². The zero-order chi connectivity index (χ0) is 8.10. The van der Waals surface area contributed by atoms with Crippen molar-refractivity contribution in [1.82, 2.24) is 0 Å². The van der Waals surface area contributed by atoms with Crippen molar-refractivity contribution in [3.63, 3.8) is 0 Å². The van der Waals surface area contributed by atoms with Crippen molar-refractivity contribution in [2.24, 2.45) is 0 Å². The summed E-state index contributed by atoms with van der Waals surface area (Å²) in [5.74, 6) is 0.869. The van der Waals surface area contributed by atoms with Crippen molar-refractivity contribution in [3.05, 3.63) is 36.1 Å². The molecule has 0 radical (unpaired) electrons. The van der Waals surface area contributed by atoms with Gasteiger partial charge in [0, 0.05) is 5.57 Å². The maximum atomic E-state index is 5.22. The number of hydrogen-bond donors (Lipinski definition) is 0. The zero-order valence-corrected chi connectivity index (χ0v) is 6.67. The minimum absolute atomic E-state index is 0.344. The maximum absolute atomic E-state index is 5.22. The molecule has 0 saturated carbocycles. The van der Waals surface area contributed by atoms with Crippen molar-refractivity contribution in [3.8, 4) is 0 Å². The third-order valence-corrected chi connectivity index (χ3v) is 1.44. The lowest BCUT2D eigenvalue weighted by Crippen LogP contribution is -2.11. The molecule has 2 heteroatoms. The highest BCUT2D eigenvalue weighted by atomic mass is 16.7. The summed E-state index contributed by atoms with van der Waals surface area (Å²) in [5, 5.41) is 0. The van der Waals surface area contributed by atoms with E-state index in [9.17, 15) is 0 Å². The fourth-order valence-corrected chi connectivity index (χ4v) is 0.887. The largest absolute Gasteiger partial charge is 0.467 e. The lowest BCUT2D eigenvalue weighted by atomic mass is 10.2. The molecule has 0 aromatic rings. The van der Waals surface area contributed by atoms with E-state index in [1.807, 2.05) is 19.1 Å². The summed E-state index contributed by atoms with van der Waals surface area (Å²) >= 11 is 0. The maximum Gasteiger partial charge on any atom is 0.189 e. The van der Waals surface area contributed by atoms with Crippen LogP contribution in [0.25, 0.3) is 0 Å². The van der Waals surface area contributed by atoms with Gasteiger partial charge in [0.15, 0.2) is 6.79 Å². The summed E-state index contributed by atoms with van der Waals surface area (Å²) in [4.78, 5) is 0. The number of hydrogen-bond acceptors (Lipinski definition) is 2. The van der Waals surface area contributed by atoms with Crippen LogP contribution >= 0.6 is 0 Å². The standard InChI is InChI=1S/C9H12O2/c1-3-5-9-8(4-2)6-10-7-11-9/h3-5H,2,6-7H2,1H3/b5-3-. The Morgan fingerprint density at radius 1 is 1.55 bits per heavy atom. The molecule has 1 aliphatic rings. The van der Waals surface area contributed by atoms with Gasteiger partial charge in [0.2, 0.25) is 0 Å². The first-order valence-corrected chi connectivity index (χ1v) is 3.57. The highest BCUT2D eigenvalue weighted by Gasteiger charge is 2.07. The van der Waals surface area contributed by atoms with Crippen molar-refractivity contribution >= 4 is 0 Å². The Morgan fingerprint density at radius 3 is 3.00 bits per heavy atom. The van der Waals surface area contributed by atoms with Crippen LogP contribution < -0.4 is 0 Å². The van der Waals surface area contributed by atoms with Crippen molar-refractivity contribution < 1.29 is 9.47 Å². The summed E-state index contributed by atoms with van der Waals surface area (Å²) in [6.07, 6.45) is 5.61. The van der Waals surface area contributed by atoms with E-state index in [2.05, 4.69) is 6.58 Å². The topological polar surface area (TPSA) is 18.5 Å². The van der Waals surface area contributed by atoms with Gasteiger partial charge in [0.25, 0.3) is 0 Å². The Hall–Kier alpha value is -1.02. The number of allylic oxidation sites excluding steroid dienone is 2. The average molecular weight is 152 g/mol. The average Bonchev–Trinajstić information content (AvgIpc) is 2.06. The number of rotatable bonds is 2. The van der Waals surface area contributed by atoms with Gasteiger partial charge in [-0.05, 0) is 13.0 Å². The molecule has 0 aromatic heterocycles. The molecule has 1 aliphatic heterocycles. The monoisotopic (exact) mass is 152 g/mol. The van der Waals surface area contributed by atoms with Crippen molar-refractivity contribution in [1.29, 1.82) is 0 Å². The van der Waals surface area contributed by atoms with Gasteiger partial charge in [-0.15, -0.1) is 0 Å². The summed E-state index contributed by atoms with van der Waals surface area (Å²) in [6, 6.07) is 0. The quantitative estimate of drug-likeness (QED) is 0.602. The number of ether oxygens (including phenoxy) is 2. The SMILES string of the molecule is C=CC1=C(/C=C\C)OCOC1. The van der Waals surface area contributed by atoms with Crippen LogP contribution in [0.4, 0.5) is 0 Å². The molecule has 1 rings (SSSR count). The molecule has 11 heavy (non-hydrogen) atoms. The molecular formula is C9H12O2. The van der Waals surface area contributed by atoms with E-state index in [-0.39, 0.29) is 0 Å². The Balaban J connectivity index is 2.81. The normalized spacial score (nSPS) is 18.6. The molecule has 0 unspecified atom stereocenters. The van der Waals surface area contributed by atoms with Crippen LogP contribution in [0.3, 0.4) is 0 Å². The molecule has 0 bridgehead atoms. The molecule has 1 heterocycles. The molecule has 0 saturated heterocycles. The summed E-state index contributed by atoms with van der Waals surface area (Å²) in [5.41, 5.74) is 1.01. The predicted octanol–water partition coefficient (Wildman–Crippen LogP) is 2.01. The second-order valence-corrected chi connectivity index (χ2v) is 2.20. The van der Waals surface area contributed by atoms with Gasteiger partial charge in [0.1, 0.15) is 5.76 Å². The van der Waals surface area contributed by atoms with E-state index < -0.39 is 0 Å². The Labute approximate surface area is 66.8 Å².